The quantitative estimate of drug-likeness (QED) is 0.622. The van der Waals surface area contributed by atoms with Gasteiger partial charge in [0, 0.05) is 0 Å². The van der Waals surface area contributed by atoms with Crippen LogP contribution in [0, 0.1) is 18.3 Å². The summed E-state index contributed by atoms with van der Waals surface area (Å²) in [5.74, 6) is 2.67. The van der Waals surface area contributed by atoms with E-state index in [4.69, 9.17) is 12.2 Å². The van der Waals surface area contributed by atoms with Crippen LogP contribution < -0.4 is 11.1 Å². The molecule has 0 bridgehead atoms. The average Bonchev–Trinajstić information content (AvgIpc) is 2.02. The van der Waals surface area contributed by atoms with Crippen molar-refractivity contribution in [3.05, 3.63) is 0 Å². The summed E-state index contributed by atoms with van der Waals surface area (Å²) in [7, 11) is 0. The summed E-state index contributed by atoms with van der Waals surface area (Å²) >= 11 is 0. The van der Waals surface area contributed by atoms with Crippen LogP contribution in [0.3, 0.4) is 0 Å². The van der Waals surface area contributed by atoms with Crippen LogP contribution in [0.5, 0.6) is 0 Å². The SMILES string of the molecule is C#CC(C)NC(=O)C(N)CC(C)C. The summed E-state index contributed by atoms with van der Waals surface area (Å²) in [6.07, 6.45) is 5.80. The molecule has 13 heavy (non-hydrogen) atoms. The van der Waals surface area contributed by atoms with Gasteiger partial charge in [0.2, 0.25) is 5.91 Å². The molecule has 0 radical (unpaired) electrons. The van der Waals surface area contributed by atoms with E-state index in [1.165, 1.54) is 0 Å². The Bertz CT molecular complexity index is 205. The topological polar surface area (TPSA) is 55.1 Å². The van der Waals surface area contributed by atoms with Gasteiger partial charge in [-0.1, -0.05) is 19.8 Å². The van der Waals surface area contributed by atoms with Crippen LogP contribution in [-0.4, -0.2) is 18.0 Å². The van der Waals surface area contributed by atoms with Crippen LogP contribution in [0.15, 0.2) is 0 Å². The molecule has 0 saturated heterocycles. The van der Waals surface area contributed by atoms with Crippen molar-refractivity contribution in [2.24, 2.45) is 11.7 Å². The maximum Gasteiger partial charge on any atom is 0.237 e. The van der Waals surface area contributed by atoms with Gasteiger partial charge < -0.3 is 11.1 Å². The van der Waals surface area contributed by atoms with Crippen LogP contribution in [-0.2, 0) is 4.79 Å². The molecule has 0 fully saturated rings. The number of hydrogen-bond donors (Lipinski definition) is 2. The minimum atomic E-state index is -0.448. The van der Waals surface area contributed by atoms with Gasteiger partial charge in [0.25, 0.3) is 0 Å². The second-order valence-electron chi connectivity index (χ2n) is 3.63. The predicted octanol–water partition coefficient (Wildman–Crippen LogP) is 0.498. The number of hydrogen-bond acceptors (Lipinski definition) is 2. The van der Waals surface area contributed by atoms with Crippen LogP contribution >= 0.6 is 0 Å². The third kappa shape index (κ3) is 5.26. The molecule has 2 atom stereocenters. The van der Waals surface area contributed by atoms with E-state index in [2.05, 4.69) is 11.2 Å². The van der Waals surface area contributed by atoms with Crippen molar-refractivity contribution in [1.82, 2.24) is 5.32 Å². The minimum absolute atomic E-state index is 0.167. The number of nitrogens with one attached hydrogen (secondary N) is 1. The molecule has 3 heteroatoms. The average molecular weight is 182 g/mol. The molecule has 0 aromatic heterocycles. The Morgan fingerprint density at radius 1 is 1.54 bits per heavy atom. The summed E-state index contributed by atoms with van der Waals surface area (Å²) in [5.41, 5.74) is 5.64. The fourth-order valence-corrected chi connectivity index (χ4v) is 0.977. The Balaban J connectivity index is 3.91. The largest absolute Gasteiger partial charge is 0.341 e. The molecule has 0 aromatic rings. The monoisotopic (exact) mass is 182 g/mol. The molecule has 0 aliphatic carbocycles. The van der Waals surface area contributed by atoms with Gasteiger partial charge in [-0.3, -0.25) is 4.79 Å². The van der Waals surface area contributed by atoms with Gasteiger partial charge >= 0.3 is 0 Å². The van der Waals surface area contributed by atoms with Gasteiger partial charge in [0.1, 0.15) is 0 Å². The number of carbonyl (C=O) groups is 1. The number of terminal acetylenes is 1. The van der Waals surface area contributed by atoms with E-state index >= 15 is 0 Å². The molecule has 3 nitrogen and oxygen atoms in total. The lowest BCUT2D eigenvalue weighted by Crippen LogP contribution is -2.44. The van der Waals surface area contributed by atoms with Gasteiger partial charge in [0.05, 0.1) is 12.1 Å². The molecular weight excluding hydrogens is 164 g/mol. The molecule has 0 saturated carbocycles. The zero-order chi connectivity index (χ0) is 10.4. The fourth-order valence-electron chi connectivity index (χ4n) is 0.977. The lowest BCUT2D eigenvalue weighted by Gasteiger charge is -2.15. The zero-order valence-electron chi connectivity index (χ0n) is 8.50. The first kappa shape index (κ1) is 12.0. The van der Waals surface area contributed by atoms with Gasteiger partial charge in [-0.2, -0.15) is 0 Å². The molecular formula is C10H18N2O. The van der Waals surface area contributed by atoms with Gasteiger partial charge in [-0.05, 0) is 19.3 Å². The van der Waals surface area contributed by atoms with E-state index in [1.807, 2.05) is 13.8 Å². The normalized spacial score (nSPS) is 14.8. The second kappa shape index (κ2) is 5.60. The molecule has 0 aliphatic heterocycles. The van der Waals surface area contributed by atoms with E-state index in [0.717, 1.165) is 0 Å². The standard InChI is InChI=1S/C10H18N2O/c1-5-8(4)12-10(13)9(11)6-7(2)3/h1,7-9H,6,11H2,2-4H3,(H,12,13). The molecule has 0 rings (SSSR count). The molecule has 2 unspecified atom stereocenters. The Labute approximate surface area is 80.1 Å². The van der Waals surface area contributed by atoms with Crippen LogP contribution in [0.4, 0.5) is 0 Å². The third-order valence-corrected chi connectivity index (χ3v) is 1.67. The summed E-state index contributed by atoms with van der Waals surface area (Å²) < 4.78 is 0. The number of nitrogens with two attached hydrogens (primary N) is 1. The molecule has 3 N–H and O–H groups in total. The van der Waals surface area contributed by atoms with Crippen molar-refractivity contribution < 1.29 is 4.79 Å². The summed E-state index contributed by atoms with van der Waals surface area (Å²) in [6.45, 7) is 5.80. The summed E-state index contributed by atoms with van der Waals surface area (Å²) in [6, 6.07) is -0.693. The van der Waals surface area contributed by atoms with E-state index in [9.17, 15) is 4.79 Å². The highest BCUT2D eigenvalue weighted by Gasteiger charge is 2.15. The second-order valence-corrected chi connectivity index (χ2v) is 3.63. The number of carbonyl (C=O) groups excluding carboxylic acids is 1. The third-order valence-electron chi connectivity index (χ3n) is 1.67. The Kier molecular flexibility index (Phi) is 5.17. The van der Waals surface area contributed by atoms with E-state index in [0.29, 0.717) is 12.3 Å². The first-order chi connectivity index (χ1) is 5.97. The van der Waals surface area contributed by atoms with E-state index in [-0.39, 0.29) is 11.9 Å². The first-order valence-electron chi connectivity index (χ1n) is 4.49. The van der Waals surface area contributed by atoms with Crippen molar-refractivity contribution in [1.29, 1.82) is 0 Å². The maximum atomic E-state index is 11.3. The fraction of sp³-hybridized carbons (Fsp3) is 0.700. The highest BCUT2D eigenvalue weighted by Crippen LogP contribution is 2.02. The Morgan fingerprint density at radius 3 is 2.46 bits per heavy atom. The molecule has 1 amide bonds. The van der Waals surface area contributed by atoms with Crippen LogP contribution in [0.25, 0.3) is 0 Å². The van der Waals surface area contributed by atoms with Gasteiger partial charge in [-0.25, -0.2) is 0 Å². The highest BCUT2D eigenvalue weighted by atomic mass is 16.2. The minimum Gasteiger partial charge on any atom is -0.341 e. The van der Waals surface area contributed by atoms with Crippen LogP contribution in [0.1, 0.15) is 27.2 Å². The maximum absolute atomic E-state index is 11.3. The number of rotatable bonds is 4. The Hall–Kier alpha value is -1.01. The zero-order valence-corrected chi connectivity index (χ0v) is 8.50. The van der Waals surface area contributed by atoms with Crippen molar-refractivity contribution in [2.75, 3.05) is 0 Å². The predicted molar refractivity (Wildman–Crippen MR) is 53.9 cm³/mol. The van der Waals surface area contributed by atoms with E-state index < -0.39 is 6.04 Å². The first-order valence-corrected chi connectivity index (χ1v) is 4.49. The molecule has 0 aliphatic rings. The van der Waals surface area contributed by atoms with Crippen LogP contribution in [0.2, 0.25) is 0 Å². The highest BCUT2D eigenvalue weighted by molar-refractivity contribution is 5.82. The van der Waals surface area contributed by atoms with Crippen molar-refractivity contribution in [3.63, 3.8) is 0 Å². The lowest BCUT2D eigenvalue weighted by atomic mass is 10.0. The van der Waals surface area contributed by atoms with E-state index in [1.54, 1.807) is 6.92 Å². The van der Waals surface area contributed by atoms with Gasteiger partial charge in [0.15, 0.2) is 0 Å². The molecule has 0 spiro atoms. The molecule has 0 heterocycles. The summed E-state index contributed by atoms with van der Waals surface area (Å²) in [4.78, 5) is 11.3. The lowest BCUT2D eigenvalue weighted by molar-refractivity contribution is -0.122. The van der Waals surface area contributed by atoms with Gasteiger partial charge in [-0.15, -0.1) is 6.42 Å². The van der Waals surface area contributed by atoms with Crippen molar-refractivity contribution in [2.45, 2.75) is 39.3 Å². The Morgan fingerprint density at radius 2 is 2.08 bits per heavy atom. The van der Waals surface area contributed by atoms with Crippen molar-refractivity contribution in [3.8, 4) is 12.3 Å². The number of amides is 1. The van der Waals surface area contributed by atoms with Crippen molar-refractivity contribution >= 4 is 5.91 Å². The molecule has 0 aromatic carbocycles. The summed E-state index contributed by atoms with van der Waals surface area (Å²) in [5, 5.41) is 2.63. The molecule has 74 valence electrons. The smallest absolute Gasteiger partial charge is 0.237 e.